The summed E-state index contributed by atoms with van der Waals surface area (Å²) in [6.45, 7) is 11.4. The third-order valence-electron chi connectivity index (χ3n) is 4.41. The van der Waals surface area contributed by atoms with E-state index in [9.17, 15) is 0 Å². The quantitative estimate of drug-likeness (QED) is 0.725. The zero-order chi connectivity index (χ0) is 14.8. The predicted molar refractivity (Wildman–Crippen MR) is 86.1 cm³/mol. The van der Waals surface area contributed by atoms with Gasteiger partial charge in [-0.1, -0.05) is 51.1 Å². The lowest BCUT2D eigenvalue weighted by molar-refractivity contribution is 0.0682. The molecule has 3 heteroatoms. The van der Waals surface area contributed by atoms with E-state index in [0.717, 1.165) is 6.42 Å². The molecule has 0 saturated carbocycles. The average molecular weight is 290 g/mol. The van der Waals surface area contributed by atoms with E-state index in [2.05, 4.69) is 64.2 Å². The molecule has 2 atom stereocenters. The molecule has 1 aliphatic rings. The summed E-state index contributed by atoms with van der Waals surface area (Å²) in [5.74, 6) is 0. The Labute approximate surface area is 123 Å². The molecular formula is C17H26O2Si. The summed E-state index contributed by atoms with van der Waals surface area (Å²) in [6.07, 6.45) is 5.03. The number of benzene rings is 1. The van der Waals surface area contributed by atoms with Crippen LogP contribution in [-0.2, 0) is 9.16 Å². The second-order valence-corrected chi connectivity index (χ2v) is 11.8. The largest absolute Gasteiger partial charge is 0.493 e. The van der Waals surface area contributed by atoms with Gasteiger partial charge in [-0.05, 0) is 29.8 Å². The van der Waals surface area contributed by atoms with Crippen LogP contribution in [0.1, 0.15) is 38.9 Å². The van der Waals surface area contributed by atoms with Gasteiger partial charge in [-0.2, -0.15) is 0 Å². The first-order chi connectivity index (χ1) is 9.29. The van der Waals surface area contributed by atoms with Crippen LogP contribution in [0.3, 0.4) is 0 Å². The van der Waals surface area contributed by atoms with Gasteiger partial charge in [0.25, 0.3) is 0 Å². The summed E-state index contributed by atoms with van der Waals surface area (Å²) in [4.78, 5) is 0. The van der Waals surface area contributed by atoms with Crippen LogP contribution in [0, 0.1) is 0 Å². The van der Waals surface area contributed by atoms with Crippen molar-refractivity contribution in [3.8, 4) is 0 Å². The molecule has 20 heavy (non-hydrogen) atoms. The maximum Gasteiger partial charge on any atom is 0.192 e. The molecular weight excluding hydrogens is 264 g/mol. The molecule has 1 aromatic carbocycles. The van der Waals surface area contributed by atoms with Crippen molar-refractivity contribution in [1.29, 1.82) is 0 Å². The number of hydrogen-bond acceptors (Lipinski definition) is 2. The molecule has 0 fully saturated rings. The van der Waals surface area contributed by atoms with E-state index in [1.54, 1.807) is 6.26 Å². The smallest absolute Gasteiger partial charge is 0.192 e. The third-order valence-corrected chi connectivity index (χ3v) is 8.91. The van der Waals surface area contributed by atoms with Crippen molar-refractivity contribution in [2.45, 2.75) is 57.5 Å². The van der Waals surface area contributed by atoms with E-state index in [1.165, 1.54) is 5.56 Å². The molecule has 0 aromatic heterocycles. The van der Waals surface area contributed by atoms with Crippen LogP contribution in [0.25, 0.3) is 0 Å². The monoisotopic (exact) mass is 290 g/mol. The van der Waals surface area contributed by atoms with Gasteiger partial charge in [-0.3, -0.25) is 0 Å². The van der Waals surface area contributed by atoms with Gasteiger partial charge in [0.1, 0.15) is 6.10 Å². The first-order valence-corrected chi connectivity index (χ1v) is 10.3. The highest BCUT2D eigenvalue weighted by atomic mass is 28.4. The standard InChI is InChI=1S/C17H26O2Si/c1-17(2,3)20(4,5)19-15-11-12-18-16(13-15)14-9-7-6-8-10-14/h6-12,15-16H,13H2,1-5H3/t15-,16+/m1/s1. The Morgan fingerprint density at radius 1 is 1.15 bits per heavy atom. The Bertz CT molecular complexity index is 460. The number of rotatable bonds is 3. The fourth-order valence-electron chi connectivity index (χ4n) is 2.10. The maximum absolute atomic E-state index is 6.47. The summed E-state index contributed by atoms with van der Waals surface area (Å²) in [7, 11) is -1.73. The van der Waals surface area contributed by atoms with Crippen molar-refractivity contribution in [3.05, 3.63) is 48.2 Å². The van der Waals surface area contributed by atoms with Crippen molar-refractivity contribution in [2.75, 3.05) is 0 Å². The molecule has 2 rings (SSSR count). The molecule has 0 aliphatic carbocycles. The summed E-state index contributed by atoms with van der Waals surface area (Å²) in [5.41, 5.74) is 1.22. The molecule has 2 nitrogen and oxygen atoms in total. The molecule has 1 heterocycles. The molecule has 1 aromatic rings. The Kier molecular flexibility index (Phi) is 4.40. The van der Waals surface area contributed by atoms with E-state index in [0.29, 0.717) is 0 Å². The molecule has 0 N–H and O–H groups in total. The van der Waals surface area contributed by atoms with Gasteiger partial charge in [0.15, 0.2) is 8.32 Å². The minimum Gasteiger partial charge on any atom is -0.493 e. The molecule has 110 valence electrons. The molecule has 0 amide bonds. The van der Waals surface area contributed by atoms with Gasteiger partial charge < -0.3 is 9.16 Å². The second-order valence-electron chi connectivity index (χ2n) is 7.02. The van der Waals surface area contributed by atoms with E-state index >= 15 is 0 Å². The van der Waals surface area contributed by atoms with Gasteiger partial charge in [0.05, 0.1) is 12.4 Å². The van der Waals surface area contributed by atoms with E-state index < -0.39 is 8.32 Å². The van der Waals surface area contributed by atoms with Crippen LogP contribution >= 0.6 is 0 Å². The second kappa shape index (κ2) is 5.74. The topological polar surface area (TPSA) is 18.5 Å². The highest BCUT2D eigenvalue weighted by Gasteiger charge is 2.39. The summed E-state index contributed by atoms with van der Waals surface area (Å²) in [6, 6.07) is 10.4. The van der Waals surface area contributed by atoms with Crippen LogP contribution < -0.4 is 0 Å². The van der Waals surface area contributed by atoms with Crippen molar-refractivity contribution in [2.24, 2.45) is 0 Å². The van der Waals surface area contributed by atoms with Crippen molar-refractivity contribution >= 4 is 8.32 Å². The fraction of sp³-hybridized carbons (Fsp3) is 0.529. The summed E-state index contributed by atoms with van der Waals surface area (Å²) < 4.78 is 12.2. The Balaban J connectivity index is 2.05. The summed E-state index contributed by atoms with van der Waals surface area (Å²) >= 11 is 0. The van der Waals surface area contributed by atoms with E-state index in [4.69, 9.17) is 9.16 Å². The lowest BCUT2D eigenvalue weighted by Crippen LogP contribution is -2.44. The van der Waals surface area contributed by atoms with Gasteiger partial charge in [0, 0.05) is 6.42 Å². The SMILES string of the molecule is CC(C)(C)[Si](C)(C)O[C@@H]1C=CO[C@H](c2ccccc2)C1. The molecule has 1 aliphatic heterocycles. The van der Waals surface area contributed by atoms with Crippen LogP contribution in [-0.4, -0.2) is 14.4 Å². The molecule has 0 radical (unpaired) electrons. The Morgan fingerprint density at radius 3 is 2.40 bits per heavy atom. The van der Waals surface area contributed by atoms with Crippen molar-refractivity contribution < 1.29 is 9.16 Å². The highest BCUT2D eigenvalue weighted by Crippen LogP contribution is 2.39. The molecule has 0 saturated heterocycles. The number of hydrogen-bond donors (Lipinski definition) is 0. The van der Waals surface area contributed by atoms with Gasteiger partial charge in [-0.15, -0.1) is 0 Å². The highest BCUT2D eigenvalue weighted by molar-refractivity contribution is 6.74. The third kappa shape index (κ3) is 3.52. The first-order valence-electron chi connectivity index (χ1n) is 7.34. The van der Waals surface area contributed by atoms with Gasteiger partial charge in [-0.25, -0.2) is 0 Å². The lowest BCUT2D eigenvalue weighted by Gasteiger charge is -2.40. The zero-order valence-corrected chi connectivity index (χ0v) is 14.2. The molecule has 0 bridgehead atoms. The van der Waals surface area contributed by atoms with Crippen molar-refractivity contribution in [3.63, 3.8) is 0 Å². The van der Waals surface area contributed by atoms with Crippen molar-refractivity contribution in [1.82, 2.24) is 0 Å². The lowest BCUT2D eigenvalue weighted by atomic mass is 10.0. The van der Waals surface area contributed by atoms with Crippen LogP contribution in [0.2, 0.25) is 18.1 Å². The summed E-state index contributed by atoms with van der Waals surface area (Å²) in [5, 5.41) is 0.237. The Hall–Kier alpha value is -1.06. The minimum atomic E-state index is -1.73. The normalized spacial score (nSPS) is 23.4. The molecule has 0 spiro atoms. The fourth-order valence-corrected chi connectivity index (χ4v) is 3.38. The van der Waals surface area contributed by atoms with E-state index in [-0.39, 0.29) is 17.2 Å². The van der Waals surface area contributed by atoms with Crippen LogP contribution in [0.5, 0.6) is 0 Å². The van der Waals surface area contributed by atoms with Gasteiger partial charge >= 0.3 is 0 Å². The van der Waals surface area contributed by atoms with Gasteiger partial charge in [0.2, 0.25) is 0 Å². The predicted octanol–water partition coefficient (Wildman–Crippen LogP) is 5.05. The first kappa shape index (κ1) is 15.3. The molecule has 0 unspecified atom stereocenters. The zero-order valence-electron chi connectivity index (χ0n) is 13.2. The average Bonchev–Trinajstić information content (AvgIpc) is 2.38. The number of ether oxygens (including phenoxy) is 1. The minimum absolute atomic E-state index is 0.107. The van der Waals surface area contributed by atoms with E-state index in [1.807, 2.05) is 6.07 Å². The maximum atomic E-state index is 6.47. The van der Waals surface area contributed by atoms with Crippen LogP contribution in [0.4, 0.5) is 0 Å². The Morgan fingerprint density at radius 2 is 1.80 bits per heavy atom. The van der Waals surface area contributed by atoms with Crippen LogP contribution in [0.15, 0.2) is 42.7 Å².